The quantitative estimate of drug-likeness (QED) is 0.439. The maximum Gasteiger partial charge on any atom is 0.315 e. The highest BCUT2D eigenvalue weighted by molar-refractivity contribution is 5.82. The third kappa shape index (κ3) is 2.03. The molecule has 0 heterocycles. The lowest BCUT2D eigenvalue weighted by Crippen LogP contribution is -2.30. The van der Waals surface area contributed by atoms with Crippen LogP contribution in [0.3, 0.4) is 0 Å². The Bertz CT molecular complexity index is 385. The lowest BCUT2D eigenvalue weighted by molar-refractivity contribution is -0.146. The molecule has 1 aromatic rings. The van der Waals surface area contributed by atoms with Crippen molar-refractivity contribution in [1.82, 2.24) is 0 Å². The Morgan fingerprint density at radius 1 is 1.47 bits per heavy atom. The molecule has 4 heteroatoms. The van der Waals surface area contributed by atoms with Gasteiger partial charge in [0.2, 0.25) is 0 Å². The molecule has 0 spiro atoms. The number of nitrogens with two attached hydrogens (primary N) is 1. The summed E-state index contributed by atoms with van der Waals surface area (Å²) in [5.41, 5.74) is 5.64. The van der Waals surface area contributed by atoms with E-state index in [-0.39, 0.29) is 11.7 Å². The summed E-state index contributed by atoms with van der Waals surface area (Å²) in [4.78, 5) is 11.5. The molecule has 3 N–H and O–H groups in total. The van der Waals surface area contributed by atoms with Gasteiger partial charge in [-0.05, 0) is 31.5 Å². The average molecular weight is 209 g/mol. The average Bonchev–Trinajstić information content (AvgIpc) is 2.20. The summed E-state index contributed by atoms with van der Waals surface area (Å²) in [5.74, 6) is -0.379. The van der Waals surface area contributed by atoms with Crippen LogP contribution in [0.25, 0.3) is 0 Å². The van der Waals surface area contributed by atoms with E-state index in [2.05, 4.69) is 4.74 Å². The highest BCUT2D eigenvalue weighted by Gasteiger charge is 2.31. The Labute approximate surface area is 88.7 Å². The van der Waals surface area contributed by atoms with Crippen molar-refractivity contribution in [3.63, 3.8) is 0 Å². The zero-order valence-electron chi connectivity index (χ0n) is 9.07. The minimum absolute atomic E-state index is 0.0236. The summed E-state index contributed by atoms with van der Waals surface area (Å²) in [6, 6.07) is 4.74. The summed E-state index contributed by atoms with van der Waals surface area (Å²) in [6.07, 6.45) is 0. The molecule has 4 nitrogen and oxygen atoms in total. The molecule has 0 saturated heterocycles. The Kier molecular flexibility index (Phi) is 2.88. The van der Waals surface area contributed by atoms with Crippen LogP contribution in [-0.2, 0) is 14.9 Å². The predicted octanol–water partition coefficient (Wildman–Crippen LogP) is 1.42. The molecule has 15 heavy (non-hydrogen) atoms. The highest BCUT2D eigenvalue weighted by atomic mass is 16.5. The first-order valence-corrected chi connectivity index (χ1v) is 4.57. The number of phenols is 1. The SMILES string of the molecule is COC(=O)C(C)(C)c1ccc(N)c(O)c1. The van der Waals surface area contributed by atoms with Crippen molar-refractivity contribution >= 4 is 11.7 Å². The Balaban J connectivity index is 3.16. The monoisotopic (exact) mass is 209 g/mol. The lowest BCUT2D eigenvalue weighted by Gasteiger charge is -2.22. The zero-order chi connectivity index (χ0) is 11.6. The van der Waals surface area contributed by atoms with E-state index in [0.717, 1.165) is 0 Å². The van der Waals surface area contributed by atoms with Crippen LogP contribution in [0.15, 0.2) is 18.2 Å². The number of ether oxygens (including phenoxy) is 1. The second kappa shape index (κ2) is 3.81. The number of methoxy groups -OCH3 is 1. The van der Waals surface area contributed by atoms with Crippen LogP contribution in [0.2, 0.25) is 0 Å². The molecule has 0 fully saturated rings. The molecule has 0 saturated carbocycles. The van der Waals surface area contributed by atoms with Gasteiger partial charge in [0.05, 0.1) is 18.2 Å². The number of benzene rings is 1. The van der Waals surface area contributed by atoms with E-state index in [1.54, 1.807) is 26.0 Å². The van der Waals surface area contributed by atoms with Crippen LogP contribution in [0.4, 0.5) is 5.69 Å². The summed E-state index contributed by atoms with van der Waals surface area (Å²) in [5, 5.41) is 9.44. The van der Waals surface area contributed by atoms with Crippen LogP contribution >= 0.6 is 0 Å². The van der Waals surface area contributed by atoms with Gasteiger partial charge in [0.1, 0.15) is 5.75 Å². The molecule has 0 unspecified atom stereocenters. The van der Waals surface area contributed by atoms with Gasteiger partial charge in [0, 0.05) is 0 Å². The minimum atomic E-state index is -0.792. The molecule has 0 aliphatic carbocycles. The molecule has 0 aliphatic heterocycles. The lowest BCUT2D eigenvalue weighted by atomic mass is 9.84. The number of nitrogen functional groups attached to an aromatic ring is 1. The van der Waals surface area contributed by atoms with E-state index < -0.39 is 5.41 Å². The standard InChI is InChI=1S/C11H15NO3/c1-11(2,10(14)15-3)7-4-5-8(12)9(13)6-7/h4-6,13H,12H2,1-3H3. The molecule has 0 aliphatic rings. The molecular formula is C11H15NO3. The number of esters is 1. The fourth-order valence-electron chi connectivity index (χ4n) is 1.31. The second-order valence-electron chi connectivity index (χ2n) is 3.89. The van der Waals surface area contributed by atoms with Gasteiger partial charge in [-0.25, -0.2) is 0 Å². The molecule has 0 radical (unpaired) electrons. The Morgan fingerprint density at radius 3 is 2.53 bits per heavy atom. The normalized spacial score (nSPS) is 11.1. The number of carbonyl (C=O) groups excluding carboxylic acids is 1. The smallest absolute Gasteiger partial charge is 0.315 e. The molecule has 1 rings (SSSR count). The van der Waals surface area contributed by atoms with Crippen LogP contribution < -0.4 is 5.73 Å². The molecule has 0 bridgehead atoms. The van der Waals surface area contributed by atoms with Gasteiger partial charge in [0.15, 0.2) is 0 Å². The molecule has 0 amide bonds. The number of aromatic hydroxyl groups is 1. The molecule has 0 atom stereocenters. The predicted molar refractivity (Wildman–Crippen MR) is 57.6 cm³/mol. The fourth-order valence-corrected chi connectivity index (χ4v) is 1.31. The van der Waals surface area contributed by atoms with Gasteiger partial charge in [-0.2, -0.15) is 0 Å². The summed E-state index contributed by atoms with van der Waals surface area (Å²) in [6.45, 7) is 3.45. The zero-order valence-corrected chi connectivity index (χ0v) is 9.07. The molecule has 82 valence electrons. The van der Waals surface area contributed by atoms with E-state index in [4.69, 9.17) is 5.73 Å². The van der Waals surface area contributed by atoms with E-state index in [0.29, 0.717) is 11.3 Å². The number of carbonyl (C=O) groups is 1. The van der Waals surface area contributed by atoms with Gasteiger partial charge >= 0.3 is 5.97 Å². The molecule has 1 aromatic carbocycles. The largest absolute Gasteiger partial charge is 0.506 e. The first-order chi connectivity index (χ1) is 6.89. The minimum Gasteiger partial charge on any atom is -0.506 e. The van der Waals surface area contributed by atoms with Crippen LogP contribution in [0.1, 0.15) is 19.4 Å². The van der Waals surface area contributed by atoms with E-state index in [9.17, 15) is 9.90 Å². The summed E-state index contributed by atoms with van der Waals surface area (Å²) in [7, 11) is 1.33. The third-order valence-electron chi connectivity index (χ3n) is 2.45. The molecular weight excluding hydrogens is 194 g/mol. The molecule has 0 aromatic heterocycles. The second-order valence-corrected chi connectivity index (χ2v) is 3.89. The van der Waals surface area contributed by atoms with Gasteiger partial charge in [-0.1, -0.05) is 6.07 Å². The van der Waals surface area contributed by atoms with Crippen LogP contribution in [-0.4, -0.2) is 18.2 Å². The fraction of sp³-hybridized carbons (Fsp3) is 0.364. The topological polar surface area (TPSA) is 72.5 Å². The maximum absolute atomic E-state index is 11.5. The van der Waals surface area contributed by atoms with E-state index >= 15 is 0 Å². The van der Waals surface area contributed by atoms with Crippen LogP contribution in [0, 0.1) is 0 Å². The van der Waals surface area contributed by atoms with Crippen molar-refractivity contribution in [2.75, 3.05) is 12.8 Å². The maximum atomic E-state index is 11.5. The first kappa shape index (κ1) is 11.4. The van der Waals surface area contributed by atoms with Crippen molar-refractivity contribution in [3.05, 3.63) is 23.8 Å². The highest BCUT2D eigenvalue weighted by Crippen LogP contribution is 2.30. The van der Waals surface area contributed by atoms with Crippen LogP contribution in [0.5, 0.6) is 5.75 Å². The number of anilines is 1. The summed E-state index contributed by atoms with van der Waals surface area (Å²) >= 11 is 0. The third-order valence-corrected chi connectivity index (χ3v) is 2.45. The van der Waals surface area contributed by atoms with Gasteiger partial charge in [-0.15, -0.1) is 0 Å². The van der Waals surface area contributed by atoms with Gasteiger partial charge in [0.25, 0.3) is 0 Å². The first-order valence-electron chi connectivity index (χ1n) is 4.57. The van der Waals surface area contributed by atoms with Crippen molar-refractivity contribution in [3.8, 4) is 5.75 Å². The van der Waals surface area contributed by atoms with Crippen molar-refractivity contribution < 1.29 is 14.6 Å². The Hall–Kier alpha value is -1.71. The number of hydrogen-bond donors (Lipinski definition) is 2. The summed E-state index contributed by atoms with van der Waals surface area (Å²) < 4.78 is 4.69. The van der Waals surface area contributed by atoms with Gasteiger partial charge in [-0.3, -0.25) is 4.79 Å². The number of rotatable bonds is 2. The number of hydrogen-bond acceptors (Lipinski definition) is 4. The van der Waals surface area contributed by atoms with E-state index in [1.165, 1.54) is 13.2 Å². The van der Waals surface area contributed by atoms with Crippen molar-refractivity contribution in [1.29, 1.82) is 0 Å². The van der Waals surface area contributed by atoms with Crippen molar-refractivity contribution in [2.45, 2.75) is 19.3 Å². The Morgan fingerprint density at radius 2 is 2.07 bits per heavy atom. The number of phenolic OH excluding ortho intramolecular Hbond substituents is 1. The van der Waals surface area contributed by atoms with Crippen molar-refractivity contribution in [2.24, 2.45) is 0 Å². The van der Waals surface area contributed by atoms with Gasteiger partial charge < -0.3 is 15.6 Å². The van der Waals surface area contributed by atoms with E-state index in [1.807, 2.05) is 0 Å².